The Morgan fingerprint density at radius 2 is 2.15 bits per heavy atom. The molecule has 108 valence electrons. The summed E-state index contributed by atoms with van der Waals surface area (Å²) in [5.74, 6) is 1.48. The van der Waals surface area contributed by atoms with Gasteiger partial charge in [-0.15, -0.1) is 0 Å². The molecule has 1 fully saturated rings. The highest BCUT2D eigenvalue weighted by Crippen LogP contribution is 2.33. The van der Waals surface area contributed by atoms with E-state index in [1.54, 1.807) is 0 Å². The lowest BCUT2D eigenvalue weighted by molar-refractivity contribution is -0.134. The van der Waals surface area contributed by atoms with Crippen molar-refractivity contribution in [2.75, 3.05) is 26.3 Å². The standard InChI is InChI=1S/C15H20N2O3/c16-13-9-20-14-8-11(4-5-12(13)14)19-10-15(18)17-6-2-1-3-7-17/h4-5,8,13H,1-3,6-7,9-10,16H2. The number of ether oxygens (including phenoxy) is 2. The Kier molecular flexibility index (Phi) is 3.78. The molecule has 3 rings (SSSR count). The maximum absolute atomic E-state index is 12.0. The average Bonchev–Trinajstić information content (AvgIpc) is 2.87. The average molecular weight is 276 g/mol. The first-order chi connectivity index (χ1) is 9.74. The largest absolute Gasteiger partial charge is 0.491 e. The van der Waals surface area contributed by atoms with Gasteiger partial charge in [0.15, 0.2) is 6.61 Å². The molecule has 1 unspecified atom stereocenters. The van der Waals surface area contributed by atoms with E-state index in [0.29, 0.717) is 12.4 Å². The highest BCUT2D eigenvalue weighted by atomic mass is 16.5. The summed E-state index contributed by atoms with van der Waals surface area (Å²) in [6.45, 7) is 2.30. The minimum atomic E-state index is -0.0611. The van der Waals surface area contributed by atoms with Gasteiger partial charge in [0.2, 0.25) is 0 Å². The normalized spacial score (nSPS) is 21.2. The van der Waals surface area contributed by atoms with Crippen LogP contribution in [0.2, 0.25) is 0 Å². The van der Waals surface area contributed by atoms with E-state index in [-0.39, 0.29) is 18.6 Å². The number of amides is 1. The van der Waals surface area contributed by atoms with Crippen LogP contribution in [0.4, 0.5) is 0 Å². The first kappa shape index (κ1) is 13.2. The molecular weight excluding hydrogens is 256 g/mol. The van der Waals surface area contributed by atoms with Crippen LogP contribution in [0.25, 0.3) is 0 Å². The molecule has 2 N–H and O–H groups in total. The van der Waals surface area contributed by atoms with Gasteiger partial charge < -0.3 is 20.1 Å². The highest BCUT2D eigenvalue weighted by molar-refractivity contribution is 5.77. The maximum atomic E-state index is 12.0. The summed E-state index contributed by atoms with van der Waals surface area (Å²) < 4.78 is 11.0. The van der Waals surface area contributed by atoms with Crippen molar-refractivity contribution < 1.29 is 14.3 Å². The van der Waals surface area contributed by atoms with Crippen molar-refractivity contribution in [1.29, 1.82) is 0 Å². The number of nitrogens with zero attached hydrogens (tertiary/aromatic N) is 1. The molecule has 5 nitrogen and oxygen atoms in total. The fourth-order valence-electron chi connectivity index (χ4n) is 2.68. The van der Waals surface area contributed by atoms with Gasteiger partial charge in [-0.05, 0) is 31.4 Å². The number of piperidine rings is 1. The van der Waals surface area contributed by atoms with Gasteiger partial charge in [0, 0.05) is 24.7 Å². The fraction of sp³-hybridized carbons (Fsp3) is 0.533. The smallest absolute Gasteiger partial charge is 0.260 e. The minimum absolute atomic E-state index is 0.0582. The molecule has 0 bridgehead atoms. The summed E-state index contributed by atoms with van der Waals surface area (Å²) >= 11 is 0. The number of fused-ring (bicyclic) bond motifs is 1. The van der Waals surface area contributed by atoms with E-state index >= 15 is 0 Å². The van der Waals surface area contributed by atoms with Crippen LogP contribution in [0.1, 0.15) is 30.9 Å². The van der Waals surface area contributed by atoms with Gasteiger partial charge >= 0.3 is 0 Å². The molecule has 0 aromatic heterocycles. The van der Waals surface area contributed by atoms with Crippen LogP contribution in [0.15, 0.2) is 18.2 Å². The molecule has 0 saturated carbocycles. The topological polar surface area (TPSA) is 64.8 Å². The molecule has 0 spiro atoms. The molecule has 0 aliphatic carbocycles. The third-order valence-corrected chi connectivity index (χ3v) is 3.87. The van der Waals surface area contributed by atoms with Crippen molar-refractivity contribution in [2.45, 2.75) is 25.3 Å². The van der Waals surface area contributed by atoms with Crippen LogP contribution in [-0.2, 0) is 4.79 Å². The molecule has 2 heterocycles. The van der Waals surface area contributed by atoms with Crippen LogP contribution < -0.4 is 15.2 Å². The minimum Gasteiger partial charge on any atom is -0.491 e. The fourth-order valence-corrected chi connectivity index (χ4v) is 2.68. The molecule has 2 aliphatic rings. The zero-order valence-electron chi connectivity index (χ0n) is 11.5. The molecule has 1 aromatic rings. The van der Waals surface area contributed by atoms with Crippen LogP contribution in [0.5, 0.6) is 11.5 Å². The number of carbonyl (C=O) groups excluding carboxylic acids is 1. The van der Waals surface area contributed by atoms with Crippen LogP contribution in [-0.4, -0.2) is 37.1 Å². The number of carbonyl (C=O) groups is 1. The number of nitrogens with two attached hydrogens (primary N) is 1. The number of rotatable bonds is 3. The Bertz CT molecular complexity index is 498. The quantitative estimate of drug-likeness (QED) is 0.908. The third-order valence-electron chi connectivity index (χ3n) is 3.87. The summed E-state index contributed by atoms with van der Waals surface area (Å²) in [4.78, 5) is 13.9. The summed E-state index contributed by atoms with van der Waals surface area (Å²) in [5.41, 5.74) is 6.89. The van der Waals surface area contributed by atoms with Gasteiger partial charge in [-0.25, -0.2) is 0 Å². The predicted molar refractivity (Wildman–Crippen MR) is 74.8 cm³/mol. The van der Waals surface area contributed by atoms with Gasteiger partial charge in [0.25, 0.3) is 5.91 Å². The van der Waals surface area contributed by atoms with E-state index in [1.807, 2.05) is 23.1 Å². The molecule has 1 aromatic carbocycles. The van der Waals surface area contributed by atoms with Crippen molar-refractivity contribution >= 4 is 5.91 Å². The van der Waals surface area contributed by atoms with E-state index in [1.165, 1.54) is 6.42 Å². The van der Waals surface area contributed by atoms with Crippen molar-refractivity contribution in [3.05, 3.63) is 23.8 Å². The van der Waals surface area contributed by atoms with Crippen molar-refractivity contribution in [3.63, 3.8) is 0 Å². The second kappa shape index (κ2) is 5.71. The van der Waals surface area contributed by atoms with E-state index in [2.05, 4.69) is 0 Å². The molecule has 0 radical (unpaired) electrons. The Hall–Kier alpha value is -1.75. The second-order valence-electron chi connectivity index (χ2n) is 5.35. The second-order valence-corrected chi connectivity index (χ2v) is 5.35. The Balaban J connectivity index is 1.57. The van der Waals surface area contributed by atoms with E-state index in [9.17, 15) is 4.79 Å². The van der Waals surface area contributed by atoms with Gasteiger partial charge in [0.05, 0.1) is 6.04 Å². The molecule has 1 amide bonds. The lowest BCUT2D eigenvalue weighted by Crippen LogP contribution is -2.38. The monoisotopic (exact) mass is 276 g/mol. The lowest BCUT2D eigenvalue weighted by atomic mass is 10.1. The lowest BCUT2D eigenvalue weighted by Gasteiger charge is -2.26. The Labute approximate surface area is 118 Å². The van der Waals surface area contributed by atoms with Crippen molar-refractivity contribution in [2.24, 2.45) is 5.73 Å². The van der Waals surface area contributed by atoms with E-state index < -0.39 is 0 Å². The Morgan fingerprint density at radius 3 is 2.95 bits per heavy atom. The molecular formula is C15H20N2O3. The van der Waals surface area contributed by atoms with Gasteiger partial charge in [-0.2, -0.15) is 0 Å². The van der Waals surface area contributed by atoms with Gasteiger partial charge in [0.1, 0.15) is 18.1 Å². The number of likely N-dealkylation sites (tertiary alicyclic amines) is 1. The summed E-state index contributed by atoms with van der Waals surface area (Å²) in [5, 5.41) is 0. The van der Waals surface area contributed by atoms with Crippen LogP contribution >= 0.6 is 0 Å². The molecule has 1 saturated heterocycles. The van der Waals surface area contributed by atoms with Crippen LogP contribution in [0.3, 0.4) is 0 Å². The maximum Gasteiger partial charge on any atom is 0.260 e. The first-order valence-corrected chi connectivity index (χ1v) is 7.17. The first-order valence-electron chi connectivity index (χ1n) is 7.17. The van der Waals surface area contributed by atoms with Gasteiger partial charge in [-0.3, -0.25) is 4.79 Å². The van der Waals surface area contributed by atoms with E-state index in [4.69, 9.17) is 15.2 Å². The summed E-state index contributed by atoms with van der Waals surface area (Å²) in [6, 6.07) is 5.50. The zero-order chi connectivity index (χ0) is 13.9. The molecule has 2 aliphatic heterocycles. The molecule has 5 heteroatoms. The van der Waals surface area contributed by atoms with E-state index in [0.717, 1.165) is 37.2 Å². The SMILES string of the molecule is NC1COc2cc(OCC(=O)N3CCCCC3)ccc21. The summed E-state index contributed by atoms with van der Waals surface area (Å²) in [7, 11) is 0. The third kappa shape index (κ3) is 2.72. The molecule has 20 heavy (non-hydrogen) atoms. The van der Waals surface area contributed by atoms with Crippen molar-refractivity contribution in [3.8, 4) is 11.5 Å². The Morgan fingerprint density at radius 1 is 1.35 bits per heavy atom. The number of benzene rings is 1. The predicted octanol–water partition coefficient (Wildman–Crippen LogP) is 1.47. The van der Waals surface area contributed by atoms with Crippen molar-refractivity contribution in [1.82, 2.24) is 4.90 Å². The molecule has 1 atom stereocenters. The van der Waals surface area contributed by atoms with Crippen LogP contribution in [0, 0.1) is 0 Å². The number of hydrogen-bond acceptors (Lipinski definition) is 4. The van der Waals surface area contributed by atoms with Gasteiger partial charge in [-0.1, -0.05) is 0 Å². The summed E-state index contributed by atoms with van der Waals surface area (Å²) in [6.07, 6.45) is 3.40. The zero-order valence-corrected chi connectivity index (χ0v) is 11.5. The number of hydrogen-bond donors (Lipinski definition) is 1. The highest BCUT2D eigenvalue weighted by Gasteiger charge is 2.21.